The van der Waals surface area contributed by atoms with Crippen molar-refractivity contribution in [3.63, 3.8) is 0 Å². The van der Waals surface area contributed by atoms with E-state index in [1.807, 2.05) is 18.2 Å². The standard InChI is InChI=1S/C21H23FN2O3S/c1-17(19-9-5-6-10-20(19)22)15-21(25)23-11-13-24(14-12-23)28(26,27)16-18-7-3-2-4-8-18/h2-10,15H,11-14,16H2,1H3/b17-15-. The number of hydrogen-bond donors (Lipinski definition) is 0. The summed E-state index contributed by atoms with van der Waals surface area (Å²) in [7, 11) is -3.43. The molecule has 1 heterocycles. The fourth-order valence-corrected chi connectivity index (χ4v) is 4.71. The summed E-state index contributed by atoms with van der Waals surface area (Å²) in [5.74, 6) is -0.657. The van der Waals surface area contributed by atoms with Crippen molar-refractivity contribution in [3.8, 4) is 0 Å². The summed E-state index contributed by atoms with van der Waals surface area (Å²) in [6, 6.07) is 15.3. The molecule has 1 amide bonds. The smallest absolute Gasteiger partial charge is 0.246 e. The van der Waals surface area contributed by atoms with Gasteiger partial charge in [0.15, 0.2) is 0 Å². The number of amides is 1. The number of allylic oxidation sites excluding steroid dienone is 1. The van der Waals surface area contributed by atoms with E-state index in [2.05, 4.69) is 0 Å². The van der Waals surface area contributed by atoms with Crippen LogP contribution in [0, 0.1) is 5.82 Å². The molecule has 0 radical (unpaired) electrons. The van der Waals surface area contributed by atoms with E-state index in [1.165, 1.54) is 16.4 Å². The van der Waals surface area contributed by atoms with E-state index in [0.717, 1.165) is 5.56 Å². The Morgan fingerprint density at radius 3 is 2.25 bits per heavy atom. The van der Waals surface area contributed by atoms with Crippen molar-refractivity contribution < 1.29 is 17.6 Å². The summed E-state index contributed by atoms with van der Waals surface area (Å²) in [6.07, 6.45) is 1.41. The Labute approximate surface area is 165 Å². The Bertz CT molecular complexity index is 966. The zero-order valence-electron chi connectivity index (χ0n) is 15.7. The normalized spacial score (nSPS) is 16.2. The lowest BCUT2D eigenvalue weighted by atomic mass is 10.1. The first-order chi connectivity index (χ1) is 13.4. The highest BCUT2D eigenvalue weighted by Gasteiger charge is 2.28. The van der Waals surface area contributed by atoms with Crippen molar-refractivity contribution in [1.82, 2.24) is 9.21 Å². The van der Waals surface area contributed by atoms with Crippen LogP contribution >= 0.6 is 0 Å². The predicted octanol–water partition coefficient (Wildman–Crippen LogP) is 2.90. The maximum atomic E-state index is 13.9. The topological polar surface area (TPSA) is 57.7 Å². The second-order valence-electron chi connectivity index (χ2n) is 6.77. The third kappa shape index (κ3) is 4.85. The summed E-state index contributed by atoms with van der Waals surface area (Å²) in [5, 5.41) is 0. The zero-order valence-corrected chi connectivity index (χ0v) is 16.5. The molecule has 2 aromatic rings. The fourth-order valence-electron chi connectivity index (χ4n) is 3.20. The third-order valence-corrected chi connectivity index (χ3v) is 6.62. The van der Waals surface area contributed by atoms with Crippen molar-refractivity contribution in [1.29, 1.82) is 0 Å². The molecule has 3 rings (SSSR count). The summed E-state index contributed by atoms with van der Waals surface area (Å²) in [5.41, 5.74) is 1.67. The van der Waals surface area contributed by atoms with Gasteiger partial charge in [-0.2, -0.15) is 4.31 Å². The molecule has 0 atom stereocenters. The third-order valence-electron chi connectivity index (χ3n) is 4.77. The van der Waals surface area contributed by atoms with Crippen molar-refractivity contribution >= 4 is 21.5 Å². The lowest BCUT2D eigenvalue weighted by molar-refractivity contribution is -0.127. The molecule has 1 fully saturated rings. The second kappa shape index (κ2) is 8.67. The molecule has 5 nitrogen and oxygen atoms in total. The maximum absolute atomic E-state index is 13.9. The number of piperazine rings is 1. The van der Waals surface area contributed by atoms with E-state index in [1.54, 1.807) is 42.2 Å². The fraction of sp³-hybridized carbons (Fsp3) is 0.286. The minimum absolute atomic E-state index is 0.0475. The van der Waals surface area contributed by atoms with Gasteiger partial charge in [-0.15, -0.1) is 0 Å². The Morgan fingerprint density at radius 1 is 1.00 bits per heavy atom. The van der Waals surface area contributed by atoms with Crippen LogP contribution in [0.4, 0.5) is 4.39 Å². The molecule has 148 valence electrons. The van der Waals surface area contributed by atoms with E-state index in [4.69, 9.17) is 0 Å². The monoisotopic (exact) mass is 402 g/mol. The molecule has 0 saturated carbocycles. The summed E-state index contributed by atoms with van der Waals surface area (Å²) in [4.78, 5) is 14.1. The van der Waals surface area contributed by atoms with Crippen LogP contribution in [0.5, 0.6) is 0 Å². The molecule has 0 unspecified atom stereocenters. The first-order valence-corrected chi connectivity index (χ1v) is 10.7. The van der Waals surface area contributed by atoms with Gasteiger partial charge >= 0.3 is 0 Å². The molecule has 1 aliphatic heterocycles. The van der Waals surface area contributed by atoms with Gasteiger partial charge in [-0.05, 0) is 24.1 Å². The van der Waals surface area contributed by atoms with E-state index >= 15 is 0 Å². The van der Waals surface area contributed by atoms with Crippen LogP contribution in [0.2, 0.25) is 0 Å². The van der Waals surface area contributed by atoms with Crippen molar-refractivity contribution in [2.45, 2.75) is 12.7 Å². The zero-order chi connectivity index (χ0) is 20.1. The van der Waals surface area contributed by atoms with Crippen LogP contribution in [-0.4, -0.2) is 49.7 Å². The number of rotatable bonds is 5. The predicted molar refractivity (Wildman–Crippen MR) is 107 cm³/mol. The van der Waals surface area contributed by atoms with Crippen LogP contribution < -0.4 is 0 Å². The molecule has 0 bridgehead atoms. The van der Waals surface area contributed by atoms with Crippen molar-refractivity contribution in [2.24, 2.45) is 0 Å². The molecule has 1 saturated heterocycles. The highest BCUT2D eigenvalue weighted by atomic mass is 32.2. The number of hydrogen-bond acceptors (Lipinski definition) is 3. The molecule has 0 aromatic heterocycles. The molecule has 7 heteroatoms. The van der Waals surface area contributed by atoms with Gasteiger partial charge < -0.3 is 4.90 Å². The van der Waals surface area contributed by atoms with Gasteiger partial charge in [-0.3, -0.25) is 4.79 Å². The summed E-state index contributed by atoms with van der Waals surface area (Å²) >= 11 is 0. The Morgan fingerprint density at radius 2 is 1.61 bits per heavy atom. The van der Waals surface area contributed by atoms with Gasteiger partial charge in [0.1, 0.15) is 5.82 Å². The van der Waals surface area contributed by atoms with Crippen LogP contribution in [0.25, 0.3) is 5.57 Å². The van der Waals surface area contributed by atoms with Crippen LogP contribution in [0.15, 0.2) is 60.7 Å². The molecular weight excluding hydrogens is 379 g/mol. The highest BCUT2D eigenvalue weighted by molar-refractivity contribution is 7.88. The van der Waals surface area contributed by atoms with Gasteiger partial charge in [-0.25, -0.2) is 12.8 Å². The van der Waals surface area contributed by atoms with E-state index in [0.29, 0.717) is 24.2 Å². The Hall–Kier alpha value is -2.51. The average molecular weight is 402 g/mol. The number of halogens is 1. The van der Waals surface area contributed by atoms with Gasteiger partial charge in [-0.1, -0.05) is 48.5 Å². The maximum Gasteiger partial charge on any atom is 0.246 e. The number of nitrogens with zero attached hydrogens (tertiary/aromatic N) is 2. The van der Waals surface area contributed by atoms with Gasteiger partial charge in [0, 0.05) is 37.8 Å². The largest absolute Gasteiger partial charge is 0.337 e. The summed E-state index contributed by atoms with van der Waals surface area (Å²) in [6.45, 7) is 2.83. The van der Waals surface area contributed by atoms with Crippen molar-refractivity contribution in [2.75, 3.05) is 26.2 Å². The Kier molecular flexibility index (Phi) is 6.26. The lowest BCUT2D eigenvalue weighted by Gasteiger charge is -2.33. The van der Waals surface area contributed by atoms with Crippen molar-refractivity contribution in [3.05, 3.63) is 77.6 Å². The lowest BCUT2D eigenvalue weighted by Crippen LogP contribution is -2.50. The molecule has 0 aliphatic carbocycles. The van der Waals surface area contributed by atoms with Crippen LogP contribution in [0.3, 0.4) is 0 Å². The first-order valence-electron chi connectivity index (χ1n) is 9.11. The van der Waals surface area contributed by atoms with Gasteiger partial charge in [0.05, 0.1) is 5.75 Å². The van der Waals surface area contributed by atoms with Gasteiger partial charge in [0.2, 0.25) is 15.9 Å². The first kappa shape index (κ1) is 20.2. The van der Waals surface area contributed by atoms with E-state index < -0.39 is 10.0 Å². The molecule has 0 spiro atoms. The van der Waals surface area contributed by atoms with Gasteiger partial charge in [0.25, 0.3) is 0 Å². The van der Waals surface area contributed by atoms with Crippen LogP contribution in [-0.2, 0) is 20.6 Å². The SMILES string of the molecule is C/C(=C/C(=O)N1CCN(S(=O)(=O)Cc2ccccc2)CC1)c1ccccc1F. The summed E-state index contributed by atoms with van der Waals surface area (Å²) < 4.78 is 40.5. The van der Waals surface area contributed by atoms with Crippen LogP contribution in [0.1, 0.15) is 18.1 Å². The molecular formula is C21H23FN2O3S. The quantitative estimate of drug-likeness (QED) is 0.723. The molecule has 0 N–H and O–H groups in total. The number of carbonyl (C=O) groups is 1. The minimum Gasteiger partial charge on any atom is -0.337 e. The highest BCUT2D eigenvalue weighted by Crippen LogP contribution is 2.18. The number of carbonyl (C=O) groups excluding carboxylic acids is 1. The molecule has 1 aliphatic rings. The average Bonchev–Trinajstić information content (AvgIpc) is 2.69. The van der Waals surface area contributed by atoms with E-state index in [-0.39, 0.29) is 30.6 Å². The Balaban J connectivity index is 1.61. The number of benzene rings is 2. The van der Waals surface area contributed by atoms with E-state index in [9.17, 15) is 17.6 Å². The molecule has 2 aromatic carbocycles. The molecule has 28 heavy (non-hydrogen) atoms. The number of sulfonamides is 1. The minimum atomic E-state index is -3.43. The second-order valence-corrected chi connectivity index (χ2v) is 8.74.